The highest BCUT2D eigenvalue weighted by atomic mass is 127. The molecule has 0 saturated heterocycles. The Kier molecular flexibility index (Phi) is 4.86. The molecule has 0 bridgehead atoms. The van der Waals surface area contributed by atoms with Crippen LogP contribution in [0.2, 0.25) is 0 Å². The van der Waals surface area contributed by atoms with Crippen LogP contribution >= 0.6 is 33.9 Å². The third-order valence-electron chi connectivity index (χ3n) is 3.43. The highest BCUT2D eigenvalue weighted by Gasteiger charge is 2.19. The van der Waals surface area contributed by atoms with Crippen LogP contribution in [-0.4, -0.2) is 14.2 Å². The van der Waals surface area contributed by atoms with Crippen molar-refractivity contribution in [3.05, 3.63) is 48.7 Å². The van der Waals surface area contributed by atoms with Gasteiger partial charge in [0.25, 0.3) is 0 Å². The maximum Gasteiger partial charge on any atom is 0.127 e. The molecule has 1 unspecified atom stereocenters. The number of nitrogens with one attached hydrogen (secondary N) is 1. The average molecular weight is 387 g/mol. The Balaban J connectivity index is 2.52. The summed E-state index contributed by atoms with van der Waals surface area (Å²) in [5.41, 5.74) is 4.96. The number of ether oxygens (including phenoxy) is 1. The highest BCUT2D eigenvalue weighted by Crippen LogP contribution is 2.35. The number of rotatable bonds is 4. The molecule has 0 aliphatic rings. The summed E-state index contributed by atoms with van der Waals surface area (Å²) in [6.45, 7) is 4.23. The van der Waals surface area contributed by atoms with Crippen LogP contribution in [0, 0.1) is 16.7 Å². The van der Waals surface area contributed by atoms with Gasteiger partial charge in [-0.25, -0.2) is 0 Å². The first-order valence-corrected chi connectivity index (χ1v) is 8.09. The van der Waals surface area contributed by atoms with Crippen LogP contribution < -0.4 is 10.1 Å². The molecular formula is C15H18INOS. The summed E-state index contributed by atoms with van der Waals surface area (Å²) in [4.78, 5) is 0. The summed E-state index contributed by atoms with van der Waals surface area (Å²) in [7, 11) is 3.74. The summed E-state index contributed by atoms with van der Waals surface area (Å²) >= 11 is 4.13. The van der Waals surface area contributed by atoms with Crippen molar-refractivity contribution in [3.63, 3.8) is 0 Å². The molecule has 4 heteroatoms. The molecule has 2 rings (SSSR count). The van der Waals surface area contributed by atoms with Gasteiger partial charge in [0, 0.05) is 5.56 Å². The number of hydrogen-bond donors (Lipinski definition) is 1. The number of aryl methyl sites for hydroxylation is 1. The number of benzene rings is 1. The van der Waals surface area contributed by atoms with E-state index >= 15 is 0 Å². The summed E-state index contributed by atoms with van der Waals surface area (Å²) in [5, 5.41) is 5.60. The van der Waals surface area contributed by atoms with Crippen molar-refractivity contribution in [2.75, 3.05) is 14.2 Å². The van der Waals surface area contributed by atoms with Crippen LogP contribution in [0.3, 0.4) is 0 Å². The Hall–Kier alpha value is -0.590. The third kappa shape index (κ3) is 2.95. The van der Waals surface area contributed by atoms with Crippen molar-refractivity contribution >= 4 is 33.9 Å². The fourth-order valence-corrected chi connectivity index (χ4v) is 3.68. The molecule has 1 aromatic heterocycles. The Morgan fingerprint density at radius 3 is 2.58 bits per heavy atom. The summed E-state index contributed by atoms with van der Waals surface area (Å²) in [6, 6.07) is 6.72. The van der Waals surface area contributed by atoms with Gasteiger partial charge in [0.2, 0.25) is 0 Å². The lowest BCUT2D eigenvalue weighted by molar-refractivity contribution is 0.402. The molecule has 19 heavy (non-hydrogen) atoms. The molecule has 0 aliphatic heterocycles. The van der Waals surface area contributed by atoms with Crippen LogP contribution in [0.25, 0.3) is 0 Å². The van der Waals surface area contributed by atoms with E-state index in [2.05, 4.69) is 65.3 Å². The van der Waals surface area contributed by atoms with Gasteiger partial charge in [-0.1, -0.05) is 12.1 Å². The van der Waals surface area contributed by atoms with Crippen molar-refractivity contribution in [1.82, 2.24) is 5.32 Å². The minimum Gasteiger partial charge on any atom is -0.496 e. The van der Waals surface area contributed by atoms with Gasteiger partial charge in [-0.3, -0.25) is 0 Å². The van der Waals surface area contributed by atoms with E-state index in [9.17, 15) is 0 Å². The number of halogens is 1. The fourth-order valence-electron chi connectivity index (χ4n) is 2.29. The van der Waals surface area contributed by atoms with Gasteiger partial charge in [0.05, 0.1) is 16.0 Å². The Morgan fingerprint density at radius 1 is 1.32 bits per heavy atom. The predicted octanol–water partition coefficient (Wildman–Crippen LogP) is 4.29. The zero-order chi connectivity index (χ0) is 14.0. The van der Waals surface area contributed by atoms with E-state index in [0.717, 1.165) is 5.75 Å². The number of thiophene rings is 1. The summed E-state index contributed by atoms with van der Waals surface area (Å²) in [5.74, 6) is 0.987. The summed E-state index contributed by atoms with van der Waals surface area (Å²) < 4.78 is 6.93. The first kappa shape index (κ1) is 14.8. The van der Waals surface area contributed by atoms with Crippen LogP contribution in [0.15, 0.2) is 23.6 Å². The third-order valence-corrected chi connectivity index (χ3v) is 5.24. The Labute approximate surface area is 132 Å². The highest BCUT2D eigenvalue weighted by molar-refractivity contribution is 14.1. The van der Waals surface area contributed by atoms with Gasteiger partial charge >= 0.3 is 0 Å². The van der Waals surface area contributed by atoms with Gasteiger partial charge in [0.15, 0.2) is 0 Å². The normalized spacial score (nSPS) is 12.5. The van der Waals surface area contributed by atoms with E-state index in [1.165, 1.54) is 25.1 Å². The number of hydrogen-bond acceptors (Lipinski definition) is 3. The van der Waals surface area contributed by atoms with E-state index < -0.39 is 0 Å². The maximum atomic E-state index is 5.63. The van der Waals surface area contributed by atoms with Crippen molar-refractivity contribution in [3.8, 4) is 5.75 Å². The van der Waals surface area contributed by atoms with E-state index in [1.807, 2.05) is 7.05 Å². The molecule has 2 nitrogen and oxygen atoms in total. The van der Waals surface area contributed by atoms with Gasteiger partial charge in [-0.2, -0.15) is 0 Å². The molecule has 0 aliphatic carbocycles. The van der Waals surface area contributed by atoms with Gasteiger partial charge < -0.3 is 10.1 Å². The van der Waals surface area contributed by atoms with Crippen LogP contribution in [0.5, 0.6) is 5.75 Å². The predicted molar refractivity (Wildman–Crippen MR) is 90.4 cm³/mol. The van der Waals surface area contributed by atoms with E-state index in [4.69, 9.17) is 4.74 Å². The van der Waals surface area contributed by atoms with Crippen molar-refractivity contribution in [1.29, 1.82) is 0 Å². The largest absolute Gasteiger partial charge is 0.496 e. The standard InChI is InChI=1S/C15H18INOS/c1-9-5-6-12(15(18-4)10(9)2)14(17-3)11-7-13(16)19-8-11/h5-8,14,17H,1-4H3. The maximum absolute atomic E-state index is 5.63. The quantitative estimate of drug-likeness (QED) is 0.791. The molecule has 0 radical (unpaired) electrons. The molecule has 102 valence electrons. The lowest BCUT2D eigenvalue weighted by Crippen LogP contribution is -2.18. The number of methoxy groups -OCH3 is 1. The topological polar surface area (TPSA) is 21.3 Å². The van der Waals surface area contributed by atoms with Gasteiger partial charge in [-0.05, 0) is 71.6 Å². The molecule has 1 atom stereocenters. The summed E-state index contributed by atoms with van der Waals surface area (Å²) in [6.07, 6.45) is 0. The first-order chi connectivity index (χ1) is 9.08. The van der Waals surface area contributed by atoms with E-state index in [1.54, 1.807) is 18.4 Å². The molecule has 0 saturated carbocycles. The van der Waals surface area contributed by atoms with Crippen LogP contribution in [0.1, 0.15) is 28.3 Å². The van der Waals surface area contributed by atoms with Crippen molar-refractivity contribution < 1.29 is 4.74 Å². The van der Waals surface area contributed by atoms with Gasteiger partial charge in [0.1, 0.15) is 5.75 Å². The molecule has 0 fully saturated rings. The molecule has 1 N–H and O–H groups in total. The Bertz CT molecular complexity index is 580. The molecule has 1 aromatic carbocycles. The van der Waals surface area contributed by atoms with Crippen LogP contribution in [0.4, 0.5) is 0 Å². The second kappa shape index (κ2) is 6.24. The van der Waals surface area contributed by atoms with Crippen molar-refractivity contribution in [2.24, 2.45) is 0 Å². The average Bonchev–Trinajstić information content (AvgIpc) is 2.81. The van der Waals surface area contributed by atoms with Gasteiger partial charge in [-0.15, -0.1) is 11.3 Å². The molecule has 0 amide bonds. The van der Waals surface area contributed by atoms with Crippen molar-refractivity contribution in [2.45, 2.75) is 19.9 Å². The fraction of sp³-hybridized carbons (Fsp3) is 0.333. The minimum absolute atomic E-state index is 0.175. The lowest BCUT2D eigenvalue weighted by atomic mass is 9.96. The second-order valence-corrected chi connectivity index (χ2v) is 7.34. The SMILES string of the molecule is CNC(c1csc(I)c1)c1ccc(C)c(C)c1OC. The Morgan fingerprint density at radius 2 is 2.05 bits per heavy atom. The molecule has 2 aromatic rings. The second-order valence-electron chi connectivity index (χ2n) is 4.54. The monoisotopic (exact) mass is 387 g/mol. The minimum atomic E-state index is 0.175. The zero-order valence-electron chi connectivity index (χ0n) is 11.6. The zero-order valence-corrected chi connectivity index (χ0v) is 14.6. The molecule has 1 heterocycles. The van der Waals surface area contributed by atoms with Crippen LogP contribution in [-0.2, 0) is 0 Å². The smallest absolute Gasteiger partial charge is 0.127 e. The lowest BCUT2D eigenvalue weighted by Gasteiger charge is -2.21. The first-order valence-electron chi connectivity index (χ1n) is 6.13. The van der Waals surface area contributed by atoms with E-state index in [0.29, 0.717) is 0 Å². The molecular weight excluding hydrogens is 369 g/mol. The van der Waals surface area contributed by atoms with E-state index in [-0.39, 0.29) is 6.04 Å². The molecule has 0 spiro atoms.